The number of amides is 2. The predicted octanol–water partition coefficient (Wildman–Crippen LogP) is 2.98. The van der Waals surface area contributed by atoms with Gasteiger partial charge >= 0.3 is 0 Å². The van der Waals surface area contributed by atoms with Crippen LogP contribution in [0.1, 0.15) is 12.0 Å². The van der Waals surface area contributed by atoms with Gasteiger partial charge in [-0.05, 0) is 42.0 Å². The van der Waals surface area contributed by atoms with E-state index in [1.807, 2.05) is 0 Å². The molecule has 0 bridgehead atoms. The number of hydrogen-bond donors (Lipinski definition) is 1. The van der Waals surface area contributed by atoms with E-state index in [2.05, 4.69) is 10.5 Å². The van der Waals surface area contributed by atoms with Crippen LogP contribution in [0.3, 0.4) is 0 Å². The second-order valence-corrected chi connectivity index (χ2v) is 6.10. The molecule has 1 atom stereocenters. The molecule has 1 heterocycles. The van der Waals surface area contributed by atoms with Crippen molar-refractivity contribution in [1.82, 2.24) is 5.43 Å². The van der Waals surface area contributed by atoms with E-state index in [0.717, 1.165) is 5.56 Å². The van der Waals surface area contributed by atoms with Gasteiger partial charge in [0.1, 0.15) is 5.82 Å². The van der Waals surface area contributed by atoms with Crippen molar-refractivity contribution in [2.75, 3.05) is 11.4 Å². The Morgan fingerprint density at radius 3 is 2.56 bits per heavy atom. The first-order valence-electron chi connectivity index (χ1n) is 7.67. The van der Waals surface area contributed by atoms with Gasteiger partial charge < -0.3 is 4.90 Å². The molecule has 0 unspecified atom stereocenters. The third-order valence-electron chi connectivity index (χ3n) is 3.89. The second kappa shape index (κ2) is 7.44. The minimum absolute atomic E-state index is 0.0969. The molecule has 1 aliphatic rings. The van der Waals surface area contributed by atoms with Crippen LogP contribution < -0.4 is 10.3 Å². The number of hydrogen-bond acceptors (Lipinski definition) is 3. The predicted molar refractivity (Wildman–Crippen MR) is 94.0 cm³/mol. The molecule has 2 aromatic carbocycles. The lowest BCUT2D eigenvalue weighted by Crippen LogP contribution is -2.30. The van der Waals surface area contributed by atoms with E-state index in [9.17, 15) is 14.0 Å². The average Bonchev–Trinajstić information content (AvgIpc) is 2.99. The van der Waals surface area contributed by atoms with E-state index in [1.165, 1.54) is 35.4 Å². The summed E-state index contributed by atoms with van der Waals surface area (Å²) in [5, 5.41) is 4.52. The van der Waals surface area contributed by atoms with E-state index in [0.29, 0.717) is 10.7 Å². The number of nitrogens with zero attached hydrogens (tertiary/aromatic N) is 2. The molecule has 7 heteroatoms. The van der Waals surface area contributed by atoms with Crippen LogP contribution in [0.2, 0.25) is 5.02 Å². The summed E-state index contributed by atoms with van der Waals surface area (Å²) in [7, 11) is 0. The minimum Gasteiger partial charge on any atom is -0.312 e. The third-order valence-corrected chi connectivity index (χ3v) is 4.14. The Bertz CT molecular complexity index is 806. The van der Waals surface area contributed by atoms with E-state index in [1.54, 1.807) is 24.3 Å². The van der Waals surface area contributed by atoms with Gasteiger partial charge in [-0.15, -0.1) is 0 Å². The van der Waals surface area contributed by atoms with Gasteiger partial charge in [-0.1, -0.05) is 23.7 Å². The Balaban J connectivity index is 1.59. The largest absolute Gasteiger partial charge is 0.312 e. The van der Waals surface area contributed by atoms with Crippen molar-refractivity contribution in [3.05, 3.63) is 64.9 Å². The first kappa shape index (κ1) is 17.1. The maximum Gasteiger partial charge on any atom is 0.245 e. The van der Waals surface area contributed by atoms with Crippen LogP contribution in [0.15, 0.2) is 53.6 Å². The zero-order valence-corrected chi connectivity index (χ0v) is 13.9. The van der Waals surface area contributed by atoms with Crippen molar-refractivity contribution in [3.63, 3.8) is 0 Å². The number of benzene rings is 2. The summed E-state index contributed by atoms with van der Waals surface area (Å²) >= 11 is 5.80. The number of carbonyl (C=O) groups is 2. The molecule has 1 aliphatic heterocycles. The van der Waals surface area contributed by atoms with E-state index in [-0.39, 0.29) is 30.6 Å². The highest BCUT2D eigenvalue weighted by molar-refractivity contribution is 6.30. The van der Waals surface area contributed by atoms with Gasteiger partial charge in [-0.25, -0.2) is 9.82 Å². The summed E-state index contributed by atoms with van der Waals surface area (Å²) in [4.78, 5) is 25.8. The van der Waals surface area contributed by atoms with E-state index >= 15 is 0 Å². The highest BCUT2D eigenvalue weighted by atomic mass is 35.5. The molecule has 1 fully saturated rings. The average molecular weight is 360 g/mol. The molecule has 0 aromatic heterocycles. The molecule has 128 valence electrons. The molecule has 0 spiro atoms. The Hall–Kier alpha value is -2.73. The molecule has 0 radical (unpaired) electrons. The van der Waals surface area contributed by atoms with Crippen LogP contribution in [-0.2, 0) is 9.59 Å². The van der Waals surface area contributed by atoms with Crippen molar-refractivity contribution in [2.24, 2.45) is 11.0 Å². The number of rotatable bonds is 4. The molecular formula is C18H15ClFN3O2. The normalized spacial score (nSPS) is 17.3. The zero-order valence-electron chi connectivity index (χ0n) is 13.2. The van der Waals surface area contributed by atoms with Crippen LogP contribution >= 0.6 is 11.6 Å². The Morgan fingerprint density at radius 2 is 1.88 bits per heavy atom. The number of nitrogens with one attached hydrogen (secondary N) is 1. The molecular weight excluding hydrogens is 345 g/mol. The SMILES string of the molecule is O=C(N/N=C\c1ccc(Cl)cc1)[C@@H]1CC(=O)N(c2ccc(F)cc2)C1. The van der Waals surface area contributed by atoms with Gasteiger partial charge in [-0.2, -0.15) is 5.10 Å². The summed E-state index contributed by atoms with van der Waals surface area (Å²) < 4.78 is 13.0. The lowest BCUT2D eigenvalue weighted by molar-refractivity contribution is -0.126. The number of halogens is 2. The number of hydrazone groups is 1. The van der Waals surface area contributed by atoms with Gasteiger partial charge in [0.25, 0.3) is 0 Å². The van der Waals surface area contributed by atoms with Crippen molar-refractivity contribution < 1.29 is 14.0 Å². The topological polar surface area (TPSA) is 61.8 Å². The summed E-state index contributed by atoms with van der Waals surface area (Å²) in [5.74, 6) is -1.38. The Kier molecular flexibility index (Phi) is 5.09. The second-order valence-electron chi connectivity index (χ2n) is 5.67. The molecule has 2 aromatic rings. The van der Waals surface area contributed by atoms with Crippen molar-refractivity contribution in [3.8, 4) is 0 Å². The summed E-state index contributed by atoms with van der Waals surface area (Å²) in [6.45, 7) is 0.243. The van der Waals surface area contributed by atoms with E-state index in [4.69, 9.17) is 11.6 Å². The summed E-state index contributed by atoms with van der Waals surface area (Å²) in [6, 6.07) is 12.6. The van der Waals surface area contributed by atoms with Crippen molar-refractivity contribution in [1.29, 1.82) is 0 Å². The Morgan fingerprint density at radius 1 is 1.20 bits per heavy atom. The van der Waals surface area contributed by atoms with Crippen molar-refractivity contribution >= 4 is 35.3 Å². The van der Waals surface area contributed by atoms with Crippen LogP contribution in [0.4, 0.5) is 10.1 Å². The quantitative estimate of drug-likeness (QED) is 0.674. The maximum atomic E-state index is 13.0. The summed E-state index contributed by atoms with van der Waals surface area (Å²) in [6.07, 6.45) is 1.60. The molecule has 2 amide bonds. The van der Waals surface area contributed by atoms with E-state index < -0.39 is 5.92 Å². The fraction of sp³-hybridized carbons (Fsp3) is 0.167. The smallest absolute Gasteiger partial charge is 0.245 e. The fourth-order valence-corrected chi connectivity index (χ4v) is 2.69. The van der Waals surface area contributed by atoms with Gasteiger partial charge in [-0.3, -0.25) is 9.59 Å². The first-order chi connectivity index (χ1) is 12.0. The van der Waals surface area contributed by atoms with Gasteiger partial charge in [0, 0.05) is 23.7 Å². The molecule has 0 aliphatic carbocycles. The maximum absolute atomic E-state index is 13.0. The van der Waals surface area contributed by atoms with Crippen LogP contribution in [0.5, 0.6) is 0 Å². The minimum atomic E-state index is -0.500. The highest BCUT2D eigenvalue weighted by Crippen LogP contribution is 2.25. The van der Waals surface area contributed by atoms with Crippen LogP contribution in [-0.4, -0.2) is 24.6 Å². The number of anilines is 1. The van der Waals surface area contributed by atoms with Gasteiger partial charge in [0.2, 0.25) is 11.8 Å². The first-order valence-corrected chi connectivity index (χ1v) is 8.05. The molecule has 25 heavy (non-hydrogen) atoms. The summed E-state index contributed by atoms with van der Waals surface area (Å²) in [5.41, 5.74) is 3.82. The third kappa shape index (κ3) is 4.22. The molecule has 0 saturated carbocycles. The Labute approximate surface area is 149 Å². The lowest BCUT2D eigenvalue weighted by atomic mass is 10.1. The fourth-order valence-electron chi connectivity index (χ4n) is 2.56. The zero-order chi connectivity index (χ0) is 17.8. The number of carbonyl (C=O) groups excluding carboxylic acids is 2. The monoisotopic (exact) mass is 359 g/mol. The molecule has 1 saturated heterocycles. The van der Waals surface area contributed by atoms with Crippen molar-refractivity contribution in [2.45, 2.75) is 6.42 Å². The molecule has 1 N–H and O–H groups in total. The molecule has 5 nitrogen and oxygen atoms in total. The van der Waals surface area contributed by atoms with Crippen LogP contribution in [0.25, 0.3) is 0 Å². The van der Waals surface area contributed by atoms with Gasteiger partial charge in [0.15, 0.2) is 0 Å². The lowest BCUT2D eigenvalue weighted by Gasteiger charge is -2.16. The highest BCUT2D eigenvalue weighted by Gasteiger charge is 2.35. The standard InChI is InChI=1S/C18H15ClFN3O2/c19-14-3-1-12(2-4-14)10-21-22-18(25)13-9-17(24)23(11-13)16-7-5-15(20)6-8-16/h1-8,10,13H,9,11H2,(H,22,25)/b21-10-/t13-/m1/s1. The van der Waals surface area contributed by atoms with Gasteiger partial charge in [0.05, 0.1) is 12.1 Å². The van der Waals surface area contributed by atoms with Crippen LogP contribution in [0, 0.1) is 11.7 Å². The molecule has 3 rings (SSSR count).